The first-order valence-electron chi connectivity index (χ1n) is 5.58. The van der Waals surface area contributed by atoms with Gasteiger partial charge in [-0.2, -0.15) is 5.10 Å². The molecule has 0 unspecified atom stereocenters. The van der Waals surface area contributed by atoms with Crippen LogP contribution in [0.5, 0.6) is 0 Å². The normalized spacial score (nSPS) is 10.2. The van der Waals surface area contributed by atoms with Gasteiger partial charge in [0.05, 0.1) is 18.4 Å². The van der Waals surface area contributed by atoms with Gasteiger partial charge in [0.2, 0.25) is 5.91 Å². The Labute approximate surface area is 115 Å². The average Bonchev–Trinajstić information content (AvgIpc) is 2.84. The Kier molecular flexibility index (Phi) is 3.87. The molecule has 0 spiro atoms. The zero-order valence-electron chi connectivity index (χ0n) is 10.1. The maximum atomic E-state index is 11.8. The molecule has 2 aromatic rings. The Balaban J connectivity index is 2.34. The number of aromatic amines is 1. The summed E-state index contributed by atoms with van der Waals surface area (Å²) in [5, 5.41) is 9.60. The van der Waals surface area contributed by atoms with Gasteiger partial charge in [-0.3, -0.25) is 9.89 Å². The van der Waals surface area contributed by atoms with E-state index in [1.807, 2.05) is 12.1 Å². The minimum Gasteiger partial charge on any atom is -0.386 e. The molecular formula is C13H13ClN4O. The Morgan fingerprint density at radius 2 is 2.32 bits per heavy atom. The van der Waals surface area contributed by atoms with Crippen molar-refractivity contribution in [3.8, 4) is 11.1 Å². The summed E-state index contributed by atoms with van der Waals surface area (Å²) >= 11 is 6.16. The quantitative estimate of drug-likeness (QED) is 0.796. The Hall–Kier alpha value is -2.27. The number of H-pyrrole nitrogens is 1. The van der Waals surface area contributed by atoms with Gasteiger partial charge in [-0.15, -0.1) is 0 Å². The molecule has 0 saturated carbocycles. The Morgan fingerprint density at radius 1 is 1.53 bits per heavy atom. The Morgan fingerprint density at radius 3 is 2.95 bits per heavy atom. The van der Waals surface area contributed by atoms with Gasteiger partial charge in [-0.1, -0.05) is 30.3 Å². The first kappa shape index (κ1) is 13.2. The highest BCUT2D eigenvalue weighted by Gasteiger charge is 2.13. The third-order valence-electron chi connectivity index (χ3n) is 2.57. The van der Waals surface area contributed by atoms with E-state index >= 15 is 0 Å². The highest BCUT2D eigenvalue weighted by atomic mass is 35.5. The lowest BCUT2D eigenvalue weighted by Crippen LogP contribution is -2.28. The van der Waals surface area contributed by atoms with Crippen molar-refractivity contribution in [3.63, 3.8) is 0 Å². The number of nitrogens with zero attached hydrogens (tertiary/aromatic N) is 1. The average molecular weight is 277 g/mol. The van der Waals surface area contributed by atoms with Crippen molar-refractivity contribution in [1.82, 2.24) is 15.5 Å². The summed E-state index contributed by atoms with van der Waals surface area (Å²) in [6.07, 6.45) is 3.54. The van der Waals surface area contributed by atoms with E-state index < -0.39 is 0 Å². The van der Waals surface area contributed by atoms with Gasteiger partial charge in [0.25, 0.3) is 0 Å². The zero-order valence-corrected chi connectivity index (χ0v) is 10.9. The van der Waals surface area contributed by atoms with Crippen LogP contribution in [0.4, 0.5) is 0 Å². The fraction of sp³-hybridized carbons (Fsp3) is 0.0769. The number of rotatable bonds is 4. The molecule has 1 aromatic heterocycles. The number of halogens is 1. The number of carbonyl (C=O) groups is 1. The fourth-order valence-corrected chi connectivity index (χ4v) is 2.03. The van der Waals surface area contributed by atoms with E-state index in [1.165, 1.54) is 0 Å². The summed E-state index contributed by atoms with van der Waals surface area (Å²) in [5.74, 6) is -0.146. The number of aromatic nitrogens is 2. The first-order valence-corrected chi connectivity index (χ1v) is 5.96. The summed E-state index contributed by atoms with van der Waals surface area (Å²) in [6, 6.07) is 5.45. The summed E-state index contributed by atoms with van der Waals surface area (Å²) in [4.78, 5) is 11.8. The molecule has 0 saturated heterocycles. The largest absolute Gasteiger partial charge is 0.386 e. The molecule has 0 aliphatic carbocycles. The van der Waals surface area contributed by atoms with Crippen molar-refractivity contribution >= 4 is 17.5 Å². The second-order valence-corrected chi connectivity index (χ2v) is 4.41. The van der Waals surface area contributed by atoms with Crippen LogP contribution in [0.2, 0.25) is 5.02 Å². The molecule has 1 aromatic carbocycles. The van der Waals surface area contributed by atoms with Crippen LogP contribution < -0.4 is 11.1 Å². The molecule has 1 heterocycles. The van der Waals surface area contributed by atoms with Crippen LogP contribution in [0.25, 0.3) is 11.1 Å². The van der Waals surface area contributed by atoms with Crippen LogP contribution in [0.3, 0.4) is 0 Å². The molecule has 1 amide bonds. The van der Waals surface area contributed by atoms with Crippen molar-refractivity contribution in [2.45, 2.75) is 6.42 Å². The maximum Gasteiger partial charge on any atom is 0.229 e. The zero-order chi connectivity index (χ0) is 13.8. The SMILES string of the molecule is C=C(N)NC(=O)Cc1c(Cl)cccc1-c1cn[nH]c1. The van der Waals surface area contributed by atoms with E-state index in [2.05, 4.69) is 22.1 Å². The van der Waals surface area contributed by atoms with Gasteiger partial charge in [0.15, 0.2) is 0 Å². The third-order valence-corrected chi connectivity index (χ3v) is 2.92. The maximum absolute atomic E-state index is 11.8. The van der Waals surface area contributed by atoms with Crippen LogP contribution in [0.15, 0.2) is 43.0 Å². The summed E-state index contributed by atoms with van der Waals surface area (Å²) < 4.78 is 0. The summed E-state index contributed by atoms with van der Waals surface area (Å²) in [7, 11) is 0. The molecule has 0 radical (unpaired) electrons. The van der Waals surface area contributed by atoms with Gasteiger partial charge in [0, 0.05) is 16.8 Å². The molecular weight excluding hydrogens is 264 g/mol. The summed E-state index contributed by atoms with van der Waals surface area (Å²) in [5.41, 5.74) is 7.80. The van der Waals surface area contributed by atoms with Crippen molar-refractivity contribution in [2.24, 2.45) is 5.73 Å². The molecule has 4 N–H and O–H groups in total. The second-order valence-electron chi connectivity index (χ2n) is 4.00. The molecule has 19 heavy (non-hydrogen) atoms. The van der Waals surface area contributed by atoms with Gasteiger partial charge in [0.1, 0.15) is 0 Å². The van der Waals surface area contributed by atoms with E-state index in [0.29, 0.717) is 5.02 Å². The minimum atomic E-state index is -0.259. The lowest BCUT2D eigenvalue weighted by Gasteiger charge is -2.10. The van der Waals surface area contributed by atoms with E-state index in [4.69, 9.17) is 17.3 Å². The van der Waals surface area contributed by atoms with Gasteiger partial charge in [-0.05, 0) is 17.2 Å². The van der Waals surface area contributed by atoms with E-state index in [1.54, 1.807) is 18.5 Å². The van der Waals surface area contributed by atoms with Crippen LogP contribution in [0, 0.1) is 0 Å². The van der Waals surface area contributed by atoms with E-state index in [0.717, 1.165) is 16.7 Å². The molecule has 6 heteroatoms. The standard InChI is InChI=1S/C13H13ClN4O/c1-8(15)18-13(19)5-11-10(3-2-4-12(11)14)9-6-16-17-7-9/h2-4,6-7H,1,5,15H2,(H,16,17)(H,18,19). The Bertz CT molecular complexity index is 607. The van der Waals surface area contributed by atoms with Gasteiger partial charge >= 0.3 is 0 Å². The van der Waals surface area contributed by atoms with Crippen molar-refractivity contribution < 1.29 is 4.79 Å². The predicted octanol–water partition coefficient (Wildman–Crippen LogP) is 1.82. The lowest BCUT2D eigenvalue weighted by molar-refractivity contribution is -0.119. The summed E-state index contributed by atoms with van der Waals surface area (Å²) in [6.45, 7) is 3.43. The van der Waals surface area contributed by atoms with E-state index in [-0.39, 0.29) is 18.1 Å². The molecule has 0 fully saturated rings. The highest BCUT2D eigenvalue weighted by Crippen LogP contribution is 2.28. The topological polar surface area (TPSA) is 83.8 Å². The minimum absolute atomic E-state index is 0.113. The van der Waals surface area contributed by atoms with Crippen LogP contribution in [0.1, 0.15) is 5.56 Å². The first-order chi connectivity index (χ1) is 9.08. The molecule has 0 atom stereocenters. The smallest absolute Gasteiger partial charge is 0.229 e. The number of amides is 1. The highest BCUT2D eigenvalue weighted by molar-refractivity contribution is 6.32. The van der Waals surface area contributed by atoms with Crippen LogP contribution in [-0.4, -0.2) is 16.1 Å². The van der Waals surface area contributed by atoms with Gasteiger partial charge in [-0.25, -0.2) is 0 Å². The van der Waals surface area contributed by atoms with Crippen molar-refractivity contribution in [1.29, 1.82) is 0 Å². The van der Waals surface area contributed by atoms with Gasteiger partial charge < -0.3 is 11.1 Å². The monoisotopic (exact) mass is 276 g/mol. The van der Waals surface area contributed by atoms with Crippen molar-refractivity contribution in [3.05, 3.63) is 53.6 Å². The van der Waals surface area contributed by atoms with Crippen LogP contribution >= 0.6 is 11.6 Å². The molecule has 0 aliphatic heterocycles. The molecule has 0 bridgehead atoms. The second kappa shape index (κ2) is 5.58. The molecule has 98 valence electrons. The number of nitrogens with one attached hydrogen (secondary N) is 2. The number of benzene rings is 1. The lowest BCUT2D eigenvalue weighted by atomic mass is 10.00. The molecule has 2 rings (SSSR count). The third kappa shape index (κ3) is 3.14. The van der Waals surface area contributed by atoms with Crippen LogP contribution in [-0.2, 0) is 11.2 Å². The van der Waals surface area contributed by atoms with Crippen molar-refractivity contribution in [2.75, 3.05) is 0 Å². The number of carbonyl (C=O) groups excluding carboxylic acids is 1. The number of nitrogens with two attached hydrogens (primary N) is 1. The fourth-order valence-electron chi connectivity index (χ4n) is 1.79. The number of hydrogen-bond acceptors (Lipinski definition) is 3. The predicted molar refractivity (Wildman–Crippen MR) is 74.2 cm³/mol. The molecule has 5 nitrogen and oxygen atoms in total. The molecule has 0 aliphatic rings. The van der Waals surface area contributed by atoms with E-state index in [9.17, 15) is 4.79 Å². The number of hydrogen-bond donors (Lipinski definition) is 3.